The van der Waals surface area contributed by atoms with Crippen LogP contribution in [0, 0.1) is 0 Å². The predicted octanol–water partition coefficient (Wildman–Crippen LogP) is 1.84. The minimum Gasteiger partial charge on any atom is -0.451 e. The van der Waals surface area contributed by atoms with Gasteiger partial charge in [0, 0.05) is 24.6 Å². The Bertz CT molecular complexity index is 663. The van der Waals surface area contributed by atoms with Crippen molar-refractivity contribution < 1.29 is 18.7 Å². The van der Waals surface area contributed by atoms with E-state index in [4.69, 9.17) is 9.15 Å². The molecular weight excluding hydrogens is 284 g/mol. The minimum atomic E-state index is -0.421. The normalized spacial score (nSPS) is 10.6. The van der Waals surface area contributed by atoms with E-state index in [9.17, 15) is 9.59 Å². The molecule has 0 fully saturated rings. The Kier molecular flexibility index (Phi) is 5.55. The Morgan fingerprint density at radius 1 is 1.23 bits per heavy atom. The lowest BCUT2D eigenvalue weighted by atomic mass is 10.1. The molecule has 2 aromatic rings. The van der Waals surface area contributed by atoms with E-state index in [0.717, 1.165) is 11.8 Å². The van der Waals surface area contributed by atoms with Crippen LogP contribution in [0.15, 0.2) is 28.7 Å². The fourth-order valence-corrected chi connectivity index (χ4v) is 2.14. The number of amides is 2. The van der Waals surface area contributed by atoms with Crippen LogP contribution in [-0.4, -0.2) is 32.0 Å². The number of para-hydroxylation sites is 1. The van der Waals surface area contributed by atoms with E-state index >= 15 is 0 Å². The van der Waals surface area contributed by atoms with E-state index in [-0.39, 0.29) is 24.8 Å². The van der Waals surface area contributed by atoms with Crippen LogP contribution in [0.3, 0.4) is 0 Å². The molecule has 0 saturated carbocycles. The van der Waals surface area contributed by atoms with Gasteiger partial charge in [0.1, 0.15) is 5.58 Å². The highest BCUT2D eigenvalue weighted by molar-refractivity contribution is 6.00. The number of benzene rings is 1. The largest absolute Gasteiger partial charge is 0.451 e. The van der Waals surface area contributed by atoms with Crippen LogP contribution in [-0.2, 0) is 16.1 Å². The van der Waals surface area contributed by atoms with Gasteiger partial charge in [-0.15, -0.1) is 0 Å². The van der Waals surface area contributed by atoms with Crippen molar-refractivity contribution in [3.8, 4) is 0 Å². The maximum atomic E-state index is 12.2. The first-order valence-corrected chi connectivity index (χ1v) is 7.21. The monoisotopic (exact) mass is 304 g/mol. The summed E-state index contributed by atoms with van der Waals surface area (Å²) in [5, 5.41) is 6.10. The Labute approximate surface area is 128 Å². The van der Waals surface area contributed by atoms with Crippen LogP contribution in [0.25, 0.3) is 11.0 Å². The number of rotatable bonds is 7. The first kappa shape index (κ1) is 16.0. The molecule has 6 heteroatoms. The van der Waals surface area contributed by atoms with E-state index < -0.39 is 5.91 Å². The second-order valence-electron chi connectivity index (χ2n) is 4.87. The standard InChI is InChI=1S/C16H20N2O4/c1-3-8-17-14(19)9-18-16(20)15-12(10-21-2)11-6-4-5-7-13(11)22-15/h4-7H,3,8-10H2,1-2H3,(H,17,19)(H,18,20). The van der Waals surface area contributed by atoms with Crippen LogP contribution < -0.4 is 10.6 Å². The quantitative estimate of drug-likeness (QED) is 0.818. The summed E-state index contributed by atoms with van der Waals surface area (Å²) < 4.78 is 10.7. The van der Waals surface area contributed by atoms with Gasteiger partial charge in [-0.1, -0.05) is 25.1 Å². The number of nitrogens with one attached hydrogen (secondary N) is 2. The Balaban J connectivity index is 2.13. The van der Waals surface area contributed by atoms with E-state index in [0.29, 0.717) is 17.7 Å². The first-order chi connectivity index (χ1) is 10.7. The average molecular weight is 304 g/mol. The summed E-state index contributed by atoms with van der Waals surface area (Å²) in [5.41, 5.74) is 1.31. The zero-order chi connectivity index (χ0) is 15.9. The number of ether oxygens (including phenoxy) is 1. The first-order valence-electron chi connectivity index (χ1n) is 7.21. The summed E-state index contributed by atoms with van der Waals surface area (Å²) in [6.07, 6.45) is 0.848. The van der Waals surface area contributed by atoms with Gasteiger partial charge in [-0.3, -0.25) is 9.59 Å². The fourth-order valence-electron chi connectivity index (χ4n) is 2.14. The smallest absolute Gasteiger partial charge is 0.287 e. The third-order valence-corrected chi connectivity index (χ3v) is 3.17. The van der Waals surface area contributed by atoms with Crippen molar-refractivity contribution in [2.75, 3.05) is 20.2 Å². The second kappa shape index (κ2) is 7.61. The van der Waals surface area contributed by atoms with E-state index in [1.807, 2.05) is 25.1 Å². The van der Waals surface area contributed by atoms with Crippen LogP contribution in [0.4, 0.5) is 0 Å². The summed E-state index contributed by atoms with van der Waals surface area (Å²) in [5.74, 6) is -0.458. The Morgan fingerprint density at radius 2 is 2.00 bits per heavy atom. The number of furan rings is 1. The highest BCUT2D eigenvalue weighted by Gasteiger charge is 2.20. The van der Waals surface area contributed by atoms with Gasteiger partial charge in [-0.25, -0.2) is 0 Å². The van der Waals surface area contributed by atoms with Gasteiger partial charge in [-0.05, 0) is 12.5 Å². The summed E-state index contributed by atoms with van der Waals surface area (Å²) in [7, 11) is 1.56. The molecular formula is C16H20N2O4. The molecule has 0 aliphatic heterocycles. The van der Waals surface area contributed by atoms with Crippen molar-refractivity contribution in [3.05, 3.63) is 35.6 Å². The van der Waals surface area contributed by atoms with Gasteiger partial charge in [0.2, 0.25) is 5.91 Å². The number of carbonyl (C=O) groups excluding carboxylic acids is 2. The molecule has 6 nitrogen and oxygen atoms in total. The number of methoxy groups -OCH3 is 1. The number of hydrogen-bond donors (Lipinski definition) is 2. The molecule has 22 heavy (non-hydrogen) atoms. The molecule has 1 heterocycles. The summed E-state index contributed by atoms with van der Waals surface area (Å²) in [4.78, 5) is 23.8. The lowest BCUT2D eigenvalue weighted by Crippen LogP contribution is -2.37. The van der Waals surface area contributed by atoms with Crippen molar-refractivity contribution in [2.24, 2.45) is 0 Å². The molecule has 2 amide bonds. The molecule has 0 bridgehead atoms. The number of fused-ring (bicyclic) bond motifs is 1. The molecule has 0 spiro atoms. The van der Waals surface area contributed by atoms with Crippen molar-refractivity contribution in [1.29, 1.82) is 0 Å². The molecule has 0 unspecified atom stereocenters. The molecule has 1 aromatic heterocycles. The topological polar surface area (TPSA) is 80.6 Å². The van der Waals surface area contributed by atoms with E-state index in [1.54, 1.807) is 13.2 Å². The maximum absolute atomic E-state index is 12.2. The fraction of sp³-hybridized carbons (Fsp3) is 0.375. The van der Waals surface area contributed by atoms with Gasteiger partial charge in [0.25, 0.3) is 5.91 Å². The second-order valence-corrected chi connectivity index (χ2v) is 4.87. The van der Waals surface area contributed by atoms with Gasteiger partial charge >= 0.3 is 0 Å². The summed E-state index contributed by atoms with van der Waals surface area (Å²) in [6, 6.07) is 7.37. The lowest BCUT2D eigenvalue weighted by Gasteiger charge is -2.06. The van der Waals surface area contributed by atoms with E-state index in [2.05, 4.69) is 10.6 Å². The van der Waals surface area contributed by atoms with Crippen molar-refractivity contribution in [2.45, 2.75) is 20.0 Å². The number of carbonyl (C=O) groups is 2. The summed E-state index contributed by atoms with van der Waals surface area (Å²) >= 11 is 0. The average Bonchev–Trinajstić information content (AvgIpc) is 2.90. The van der Waals surface area contributed by atoms with Gasteiger partial charge in [0.15, 0.2) is 5.76 Å². The third-order valence-electron chi connectivity index (χ3n) is 3.17. The van der Waals surface area contributed by atoms with Crippen LogP contribution in [0.2, 0.25) is 0 Å². The third kappa shape index (κ3) is 3.65. The molecule has 2 N–H and O–H groups in total. The van der Waals surface area contributed by atoms with Gasteiger partial charge in [0.05, 0.1) is 13.2 Å². The molecule has 0 aliphatic rings. The van der Waals surface area contributed by atoms with Crippen molar-refractivity contribution in [3.63, 3.8) is 0 Å². The molecule has 0 aliphatic carbocycles. The highest BCUT2D eigenvalue weighted by atomic mass is 16.5. The molecule has 0 radical (unpaired) electrons. The Hall–Kier alpha value is -2.34. The number of hydrogen-bond acceptors (Lipinski definition) is 4. The zero-order valence-corrected chi connectivity index (χ0v) is 12.8. The van der Waals surface area contributed by atoms with Crippen LogP contribution in [0.5, 0.6) is 0 Å². The molecule has 2 rings (SSSR count). The van der Waals surface area contributed by atoms with Gasteiger partial charge < -0.3 is 19.8 Å². The minimum absolute atomic E-state index is 0.0811. The van der Waals surface area contributed by atoms with Gasteiger partial charge in [-0.2, -0.15) is 0 Å². The molecule has 0 atom stereocenters. The van der Waals surface area contributed by atoms with E-state index in [1.165, 1.54) is 0 Å². The molecule has 0 saturated heterocycles. The Morgan fingerprint density at radius 3 is 2.73 bits per heavy atom. The lowest BCUT2D eigenvalue weighted by molar-refractivity contribution is -0.120. The highest BCUT2D eigenvalue weighted by Crippen LogP contribution is 2.26. The zero-order valence-electron chi connectivity index (χ0n) is 12.8. The molecule has 1 aromatic carbocycles. The SMILES string of the molecule is CCCNC(=O)CNC(=O)c1oc2ccccc2c1COC. The van der Waals surface area contributed by atoms with Crippen LogP contribution in [0.1, 0.15) is 29.5 Å². The van der Waals surface area contributed by atoms with Crippen LogP contribution >= 0.6 is 0 Å². The summed E-state index contributed by atoms with van der Waals surface area (Å²) in [6.45, 7) is 2.74. The molecule has 118 valence electrons. The maximum Gasteiger partial charge on any atom is 0.287 e. The predicted molar refractivity (Wildman–Crippen MR) is 82.6 cm³/mol. The van der Waals surface area contributed by atoms with Crippen molar-refractivity contribution >= 4 is 22.8 Å². The van der Waals surface area contributed by atoms with Crippen molar-refractivity contribution in [1.82, 2.24) is 10.6 Å².